The number of hydrogen-bond donors (Lipinski definition) is 1. The summed E-state index contributed by atoms with van der Waals surface area (Å²) in [5.41, 5.74) is 0.268. The fourth-order valence-corrected chi connectivity index (χ4v) is 1.98. The zero-order valence-corrected chi connectivity index (χ0v) is 10.2. The van der Waals surface area contributed by atoms with Gasteiger partial charge in [-0.05, 0) is 19.3 Å². The van der Waals surface area contributed by atoms with E-state index in [4.69, 9.17) is 5.26 Å². The summed E-state index contributed by atoms with van der Waals surface area (Å²) in [5, 5.41) is 11.7. The summed E-state index contributed by atoms with van der Waals surface area (Å²) in [4.78, 5) is 7.57. The first-order chi connectivity index (χ1) is 8.00. The molecular weight excluding hydrogens is 240 g/mol. The number of nitriles is 1. The molecule has 0 aromatic carbocycles. The van der Waals surface area contributed by atoms with Gasteiger partial charge in [0.1, 0.15) is 17.5 Å². The minimum absolute atomic E-state index is 0.252. The molecule has 1 saturated carbocycles. The molecular formula is C10H12N4O2S. The summed E-state index contributed by atoms with van der Waals surface area (Å²) >= 11 is 0. The molecule has 1 heterocycles. The topological polar surface area (TPSA) is 95.7 Å². The Kier molecular flexibility index (Phi) is 2.98. The summed E-state index contributed by atoms with van der Waals surface area (Å²) in [6.45, 7) is 0. The van der Waals surface area contributed by atoms with Crippen LogP contribution in [0.1, 0.15) is 24.8 Å². The van der Waals surface area contributed by atoms with Crippen molar-refractivity contribution in [3.63, 3.8) is 0 Å². The highest BCUT2D eigenvalue weighted by Crippen LogP contribution is 2.24. The van der Waals surface area contributed by atoms with Crippen LogP contribution in [-0.2, 0) is 9.84 Å². The van der Waals surface area contributed by atoms with Crippen molar-refractivity contribution in [2.45, 2.75) is 30.5 Å². The molecule has 0 amide bonds. The van der Waals surface area contributed by atoms with Gasteiger partial charge >= 0.3 is 0 Å². The van der Waals surface area contributed by atoms with Crippen LogP contribution in [0.5, 0.6) is 0 Å². The van der Waals surface area contributed by atoms with Crippen LogP contribution in [0, 0.1) is 11.3 Å². The third-order valence-corrected chi connectivity index (χ3v) is 3.52. The summed E-state index contributed by atoms with van der Waals surface area (Å²) in [6, 6.07) is 2.23. The van der Waals surface area contributed by atoms with Gasteiger partial charge < -0.3 is 5.32 Å². The fourth-order valence-electron chi connectivity index (χ4n) is 1.48. The van der Waals surface area contributed by atoms with Crippen LogP contribution in [-0.4, -0.2) is 30.7 Å². The highest BCUT2D eigenvalue weighted by Gasteiger charge is 2.21. The van der Waals surface area contributed by atoms with Crippen LogP contribution in [0.15, 0.2) is 11.4 Å². The van der Waals surface area contributed by atoms with E-state index in [9.17, 15) is 8.42 Å². The Labute approximate surface area is 99.6 Å². The van der Waals surface area contributed by atoms with Gasteiger partial charge in [0.2, 0.25) is 15.0 Å². The molecule has 90 valence electrons. The van der Waals surface area contributed by atoms with E-state index in [2.05, 4.69) is 15.3 Å². The van der Waals surface area contributed by atoms with Crippen LogP contribution < -0.4 is 5.32 Å². The molecule has 0 atom stereocenters. The van der Waals surface area contributed by atoms with E-state index in [0.717, 1.165) is 25.5 Å². The lowest BCUT2D eigenvalue weighted by atomic mass is 9.93. The van der Waals surface area contributed by atoms with Gasteiger partial charge in [-0.3, -0.25) is 0 Å². The molecule has 1 fully saturated rings. The first kappa shape index (κ1) is 11.8. The predicted molar refractivity (Wildman–Crippen MR) is 61.1 cm³/mol. The largest absolute Gasteiger partial charge is 0.366 e. The van der Waals surface area contributed by atoms with Crippen LogP contribution >= 0.6 is 0 Å². The number of anilines is 1. The molecule has 17 heavy (non-hydrogen) atoms. The molecule has 1 aromatic rings. The van der Waals surface area contributed by atoms with Crippen molar-refractivity contribution in [2.24, 2.45) is 0 Å². The summed E-state index contributed by atoms with van der Waals surface area (Å²) in [6.07, 6.45) is 5.46. The van der Waals surface area contributed by atoms with Gasteiger partial charge in [-0.2, -0.15) is 10.2 Å². The molecule has 1 aliphatic carbocycles. The van der Waals surface area contributed by atoms with Crippen molar-refractivity contribution >= 4 is 15.7 Å². The maximum atomic E-state index is 11.3. The zero-order valence-electron chi connectivity index (χ0n) is 9.34. The van der Waals surface area contributed by atoms with Gasteiger partial charge in [0.25, 0.3) is 0 Å². The van der Waals surface area contributed by atoms with Crippen molar-refractivity contribution in [1.29, 1.82) is 5.26 Å². The van der Waals surface area contributed by atoms with Gasteiger partial charge in [-0.15, -0.1) is 0 Å². The monoisotopic (exact) mass is 252 g/mol. The molecule has 7 heteroatoms. The first-order valence-electron chi connectivity index (χ1n) is 5.24. The smallest absolute Gasteiger partial charge is 0.248 e. The van der Waals surface area contributed by atoms with Crippen LogP contribution in [0.4, 0.5) is 5.82 Å². The molecule has 0 spiro atoms. The van der Waals surface area contributed by atoms with Crippen LogP contribution in [0.2, 0.25) is 0 Å². The SMILES string of the molecule is CS(=O)(=O)c1ncc(C#N)c(NC2CCC2)n1. The van der Waals surface area contributed by atoms with Crippen molar-refractivity contribution in [1.82, 2.24) is 9.97 Å². The Morgan fingerprint density at radius 1 is 1.53 bits per heavy atom. The Morgan fingerprint density at radius 2 is 2.24 bits per heavy atom. The summed E-state index contributed by atoms with van der Waals surface area (Å²) in [7, 11) is -3.45. The van der Waals surface area contributed by atoms with E-state index in [1.807, 2.05) is 6.07 Å². The van der Waals surface area contributed by atoms with Gasteiger partial charge in [0.15, 0.2) is 0 Å². The number of rotatable bonds is 3. The van der Waals surface area contributed by atoms with Gasteiger partial charge in [-0.25, -0.2) is 13.4 Å². The van der Waals surface area contributed by atoms with E-state index in [-0.39, 0.29) is 16.8 Å². The summed E-state index contributed by atoms with van der Waals surface area (Å²) in [5.74, 6) is 0.313. The van der Waals surface area contributed by atoms with Crippen molar-refractivity contribution < 1.29 is 8.42 Å². The average molecular weight is 252 g/mol. The van der Waals surface area contributed by atoms with Crippen LogP contribution in [0.3, 0.4) is 0 Å². The number of sulfone groups is 1. The maximum Gasteiger partial charge on any atom is 0.248 e. The van der Waals surface area contributed by atoms with E-state index < -0.39 is 9.84 Å². The first-order valence-corrected chi connectivity index (χ1v) is 7.13. The number of aromatic nitrogens is 2. The highest BCUT2D eigenvalue weighted by molar-refractivity contribution is 7.90. The van der Waals surface area contributed by atoms with Gasteiger partial charge in [0, 0.05) is 12.3 Å². The fraction of sp³-hybridized carbons (Fsp3) is 0.500. The van der Waals surface area contributed by atoms with Gasteiger partial charge in [-0.1, -0.05) is 0 Å². The number of nitrogens with zero attached hydrogens (tertiary/aromatic N) is 3. The van der Waals surface area contributed by atoms with Crippen molar-refractivity contribution in [3.8, 4) is 6.07 Å². The lowest BCUT2D eigenvalue weighted by Gasteiger charge is -2.27. The Morgan fingerprint density at radius 3 is 2.71 bits per heavy atom. The predicted octanol–water partition coefficient (Wildman–Crippen LogP) is 0.716. The normalized spacial score (nSPS) is 16.0. The van der Waals surface area contributed by atoms with E-state index in [1.54, 1.807) is 0 Å². The van der Waals surface area contributed by atoms with Crippen molar-refractivity contribution in [2.75, 3.05) is 11.6 Å². The second-order valence-corrected chi connectivity index (χ2v) is 5.98. The molecule has 1 aliphatic rings. The molecule has 1 aromatic heterocycles. The molecule has 0 aliphatic heterocycles. The summed E-state index contributed by atoms with van der Waals surface area (Å²) < 4.78 is 22.6. The number of hydrogen-bond acceptors (Lipinski definition) is 6. The van der Waals surface area contributed by atoms with E-state index >= 15 is 0 Å². The second kappa shape index (κ2) is 4.30. The molecule has 0 saturated heterocycles. The lowest BCUT2D eigenvalue weighted by Crippen LogP contribution is -2.28. The minimum Gasteiger partial charge on any atom is -0.366 e. The average Bonchev–Trinajstić information content (AvgIpc) is 2.22. The quantitative estimate of drug-likeness (QED) is 0.796. The standard InChI is InChI=1S/C10H12N4O2S/c1-17(15,16)10-12-6-7(5-11)9(14-10)13-8-3-2-4-8/h6,8H,2-4H2,1H3,(H,12,13,14). The third kappa shape index (κ3) is 2.53. The van der Waals surface area contributed by atoms with Crippen LogP contribution in [0.25, 0.3) is 0 Å². The van der Waals surface area contributed by atoms with E-state index in [0.29, 0.717) is 5.82 Å². The van der Waals surface area contributed by atoms with Crippen molar-refractivity contribution in [3.05, 3.63) is 11.8 Å². The highest BCUT2D eigenvalue weighted by atomic mass is 32.2. The Balaban J connectivity index is 2.36. The molecule has 0 bridgehead atoms. The second-order valence-electron chi connectivity index (χ2n) is 4.07. The molecule has 0 radical (unpaired) electrons. The Bertz CT molecular complexity index is 572. The zero-order chi connectivity index (χ0) is 12.5. The molecule has 2 rings (SSSR count). The minimum atomic E-state index is -3.45. The number of nitrogens with one attached hydrogen (secondary N) is 1. The van der Waals surface area contributed by atoms with E-state index in [1.165, 1.54) is 6.20 Å². The maximum absolute atomic E-state index is 11.3. The molecule has 6 nitrogen and oxygen atoms in total. The molecule has 0 unspecified atom stereocenters. The molecule has 1 N–H and O–H groups in total. The Hall–Kier alpha value is -1.68. The lowest BCUT2D eigenvalue weighted by molar-refractivity contribution is 0.444. The van der Waals surface area contributed by atoms with Gasteiger partial charge in [0.05, 0.1) is 6.20 Å². The third-order valence-electron chi connectivity index (χ3n) is 2.66.